The molecule has 0 saturated heterocycles. The molecule has 0 unspecified atom stereocenters. The standard InChI is InChI=1S/C29H26F2N4O/c1-17-32-27-12-6-19(15-25(27)28(33-17)34-23-7-8-23)18-5-11-26(31)21(13-18)16-35(24-9-10-24)29(36)20-3-2-4-22(30)14-20/h2-6,11-15,23-24H,7-10,16H2,1H3,(H,32,33,34). The Morgan fingerprint density at radius 2 is 1.75 bits per heavy atom. The number of anilines is 1. The number of carbonyl (C=O) groups excluding carboxylic acids is 1. The first-order chi connectivity index (χ1) is 17.4. The summed E-state index contributed by atoms with van der Waals surface area (Å²) in [6, 6.07) is 17.1. The molecule has 4 aromatic rings. The van der Waals surface area contributed by atoms with Crippen molar-refractivity contribution in [3.63, 3.8) is 0 Å². The second kappa shape index (κ2) is 8.97. The SMILES string of the molecule is Cc1nc(NC2CC2)c2cc(-c3ccc(F)c(CN(C(=O)c4cccc(F)c4)C4CC4)c3)ccc2n1. The lowest BCUT2D eigenvalue weighted by Gasteiger charge is -2.23. The number of hydrogen-bond acceptors (Lipinski definition) is 4. The molecule has 2 fully saturated rings. The number of benzene rings is 3. The smallest absolute Gasteiger partial charge is 0.254 e. The Kier molecular flexibility index (Phi) is 5.63. The van der Waals surface area contributed by atoms with Crippen molar-refractivity contribution in [2.24, 2.45) is 0 Å². The van der Waals surface area contributed by atoms with E-state index in [1.54, 1.807) is 23.1 Å². The van der Waals surface area contributed by atoms with Gasteiger partial charge in [-0.25, -0.2) is 18.7 Å². The fourth-order valence-corrected chi connectivity index (χ4v) is 4.55. The number of amides is 1. The first-order valence-corrected chi connectivity index (χ1v) is 12.3. The summed E-state index contributed by atoms with van der Waals surface area (Å²) in [5.74, 6) is 0.425. The van der Waals surface area contributed by atoms with E-state index in [9.17, 15) is 13.6 Å². The number of carbonyl (C=O) groups is 1. The van der Waals surface area contributed by atoms with Crippen LogP contribution in [0.15, 0.2) is 60.7 Å². The number of nitrogens with one attached hydrogen (secondary N) is 1. The average molecular weight is 485 g/mol. The predicted octanol–water partition coefficient (Wildman–Crippen LogP) is 6.26. The molecule has 2 aliphatic rings. The number of aryl methyl sites for hydroxylation is 1. The first kappa shape index (κ1) is 22.6. The van der Waals surface area contributed by atoms with Crippen LogP contribution in [0.3, 0.4) is 0 Å². The van der Waals surface area contributed by atoms with Crippen molar-refractivity contribution in [3.8, 4) is 11.1 Å². The van der Waals surface area contributed by atoms with E-state index < -0.39 is 5.82 Å². The second-order valence-electron chi connectivity index (χ2n) is 9.75. The van der Waals surface area contributed by atoms with E-state index in [0.717, 1.165) is 53.5 Å². The lowest BCUT2D eigenvalue weighted by Crippen LogP contribution is -2.33. The Labute approximate surface area is 208 Å². The van der Waals surface area contributed by atoms with Gasteiger partial charge in [-0.05, 0) is 86.2 Å². The van der Waals surface area contributed by atoms with E-state index in [2.05, 4.69) is 15.3 Å². The lowest BCUT2D eigenvalue weighted by atomic mass is 10.0. The summed E-state index contributed by atoms with van der Waals surface area (Å²) in [7, 11) is 0. The van der Waals surface area contributed by atoms with Gasteiger partial charge in [0.15, 0.2) is 0 Å². The Balaban J connectivity index is 1.33. The van der Waals surface area contributed by atoms with Gasteiger partial charge in [-0.2, -0.15) is 0 Å². The summed E-state index contributed by atoms with van der Waals surface area (Å²) >= 11 is 0. The molecule has 2 saturated carbocycles. The van der Waals surface area contributed by atoms with Crippen molar-refractivity contribution in [3.05, 3.63) is 89.2 Å². The highest BCUT2D eigenvalue weighted by Crippen LogP contribution is 2.34. The quantitative estimate of drug-likeness (QED) is 0.336. The largest absolute Gasteiger partial charge is 0.367 e. The molecule has 3 aromatic carbocycles. The highest BCUT2D eigenvalue weighted by atomic mass is 19.1. The van der Waals surface area contributed by atoms with Gasteiger partial charge < -0.3 is 10.2 Å². The van der Waals surface area contributed by atoms with Crippen molar-refractivity contribution in [1.29, 1.82) is 0 Å². The molecule has 1 N–H and O–H groups in total. The van der Waals surface area contributed by atoms with Crippen LogP contribution in [-0.2, 0) is 6.54 Å². The van der Waals surface area contributed by atoms with Gasteiger partial charge in [0.05, 0.1) is 5.52 Å². The van der Waals surface area contributed by atoms with Crippen LogP contribution in [0.4, 0.5) is 14.6 Å². The second-order valence-corrected chi connectivity index (χ2v) is 9.75. The highest BCUT2D eigenvalue weighted by Gasteiger charge is 2.33. The van der Waals surface area contributed by atoms with E-state index >= 15 is 0 Å². The van der Waals surface area contributed by atoms with Gasteiger partial charge in [0, 0.05) is 35.1 Å². The predicted molar refractivity (Wildman–Crippen MR) is 136 cm³/mol. The van der Waals surface area contributed by atoms with E-state index in [1.807, 2.05) is 25.1 Å². The number of halogens is 2. The number of hydrogen-bond donors (Lipinski definition) is 1. The molecule has 0 atom stereocenters. The van der Waals surface area contributed by atoms with Crippen LogP contribution in [0.1, 0.15) is 47.4 Å². The maximum Gasteiger partial charge on any atom is 0.254 e. The van der Waals surface area contributed by atoms with Crippen LogP contribution in [0.5, 0.6) is 0 Å². The molecule has 7 heteroatoms. The number of rotatable bonds is 7. The third-order valence-electron chi connectivity index (χ3n) is 6.77. The summed E-state index contributed by atoms with van der Waals surface area (Å²) < 4.78 is 28.7. The summed E-state index contributed by atoms with van der Waals surface area (Å²) in [5.41, 5.74) is 3.33. The van der Waals surface area contributed by atoms with E-state index in [1.165, 1.54) is 24.3 Å². The van der Waals surface area contributed by atoms with Gasteiger partial charge in [-0.3, -0.25) is 4.79 Å². The summed E-state index contributed by atoms with van der Waals surface area (Å²) in [5, 5.41) is 4.42. The zero-order chi connectivity index (χ0) is 24.8. The van der Waals surface area contributed by atoms with Gasteiger partial charge >= 0.3 is 0 Å². The maximum absolute atomic E-state index is 14.9. The first-order valence-electron chi connectivity index (χ1n) is 12.3. The Morgan fingerprint density at radius 1 is 0.972 bits per heavy atom. The number of aromatic nitrogens is 2. The molecular formula is C29H26F2N4O. The molecule has 182 valence electrons. The summed E-state index contributed by atoms with van der Waals surface area (Å²) in [4.78, 5) is 24.0. The molecule has 0 spiro atoms. The number of fused-ring (bicyclic) bond motifs is 1. The minimum atomic E-state index is -0.462. The minimum Gasteiger partial charge on any atom is -0.367 e. The van der Waals surface area contributed by atoms with Crippen LogP contribution in [0, 0.1) is 18.6 Å². The summed E-state index contributed by atoms with van der Waals surface area (Å²) in [6.07, 6.45) is 4.00. The normalized spacial score (nSPS) is 15.2. The Morgan fingerprint density at radius 3 is 2.50 bits per heavy atom. The molecule has 2 aliphatic carbocycles. The van der Waals surface area contributed by atoms with Gasteiger partial charge in [0.25, 0.3) is 5.91 Å². The third kappa shape index (κ3) is 4.65. The molecule has 1 aromatic heterocycles. The van der Waals surface area contributed by atoms with Crippen LogP contribution in [0.25, 0.3) is 22.0 Å². The molecule has 5 nitrogen and oxygen atoms in total. The van der Waals surface area contributed by atoms with E-state index in [0.29, 0.717) is 17.4 Å². The molecule has 36 heavy (non-hydrogen) atoms. The van der Waals surface area contributed by atoms with Gasteiger partial charge in [-0.1, -0.05) is 18.2 Å². The van der Waals surface area contributed by atoms with Gasteiger partial charge in [0.2, 0.25) is 0 Å². The molecule has 1 amide bonds. The third-order valence-corrected chi connectivity index (χ3v) is 6.77. The molecule has 0 bridgehead atoms. The Bertz CT molecular complexity index is 1480. The van der Waals surface area contributed by atoms with Crippen LogP contribution < -0.4 is 5.32 Å². The lowest BCUT2D eigenvalue weighted by molar-refractivity contribution is 0.0728. The van der Waals surface area contributed by atoms with Gasteiger partial charge in [0.1, 0.15) is 23.3 Å². The van der Waals surface area contributed by atoms with E-state index in [-0.39, 0.29) is 29.9 Å². The van der Waals surface area contributed by atoms with Crippen LogP contribution >= 0.6 is 0 Å². The van der Waals surface area contributed by atoms with Crippen molar-refractivity contribution >= 4 is 22.6 Å². The molecule has 6 rings (SSSR count). The molecule has 0 radical (unpaired) electrons. The zero-order valence-corrected chi connectivity index (χ0v) is 20.0. The van der Waals surface area contributed by atoms with Crippen LogP contribution in [0.2, 0.25) is 0 Å². The minimum absolute atomic E-state index is 0.0425. The highest BCUT2D eigenvalue weighted by molar-refractivity contribution is 5.95. The summed E-state index contributed by atoms with van der Waals surface area (Å²) in [6.45, 7) is 2.01. The number of nitrogens with zero attached hydrogens (tertiary/aromatic N) is 3. The molecule has 0 aliphatic heterocycles. The van der Waals surface area contributed by atoms with Crippen molar-refractivity contribution < 1.29 is 13.6 Å². The zero-order valence-electron chi connectivity index (χ0n) is 20.0. The van der Waals surface area contributed by atoms with Crippen molar-refractivity contribution in [2.75, 3.05) is 5.32 Å². The fraction of sp³-hybridized carbons (Fsp3) is 0.276. The monoisotopic (exact) mass is 484 g/mol. The fourth-order valence-electron chi connectivity index (χ4n) is 4.55. The molecular weight excluding hydrogens is 458 g/mol. The molecule has 1 heterocycles. The van der Waals surface area contributed by atoms with Crippen molar-refractivity contribution in [2.45, 2.75) is 51.2 Å². The topological polar surface area (TPSA) is 58.1 Å². The van der Waals surface area contributed by atoms with Gasteiger partial charge in [-0.15, -0.1) is 0 Å². The Hall–Kier alpha value is -3.87. The maximum atomic E-state index is 14.9. The van der Waals surface area contributed by atoms with Crippen molar-refractivity contribution in [1.82, 2.24) is 14.9 Å². The average Bonchev–Trinajstić information content (AvgIpc) is 3.78. The van der Waals surface area contributed by atoms with Crippen LogP contribution in [-0.4, -0.2) is 32.9 Å². The van der Waals surface area contributed by atoms with E-state index in [4.69, 9.17) is 0 Å².